The van der Waals surface area contributed by atoms with E-state index in [0.29, 0.717) is 24.2 Å². The Labute approximate surface area is 350 Å². The summed E-state index contributed by atoms with van der Waals surface area (Å²) in [5.41, 5.74) is 2.73. The largest absolute Gasteiger partial charge is 0.493 e. The molecule has 0 unspecified atom stereocenters. The van der Waals surface area contributed by atoms with Gasteiger partial charge in [0.15, 0.2) is 11.5 Å². The van der Waals surface area contributed by atoms with Gasteiger partial charge in [0.25, 0.3) is 5.91 Å². The molecule has 2 saturated carbocycles. The zero-order valence-electron chi connectivity index (χ0n) is 34.9. The maximum absolute atomic E-state index is 14.2. The lowest BCUT2D eigenvalue weighted by atomic mass is 9.91. The highest BCUT2D eigenvalue weighted by molar-refractivity contribution is 5.95. The van der Waals surface area contributed by atoms with Gasteiger partial charge in [-0.3, -0.25) is 14.6 Å². The topological polar surface area (TPSA) is 57.3 Å². The van der Waals surface area contributed by atoms with Gasteiger partial charge in [0.05, 0.1) is 7.11 Å². The number of carbonyl (C=O) groups is 1. The number of ether oxygens (including phenoxy) is 2. The predicted octanol–water partition coefficient (Wildman–Crippen LogP) is 10.1. The lowest BCUT2D eigenvalue weighted by Gasteiger charge is -2.40. The van der Waals surface area contributed by atoms with E-state index in [0.717, 1.165) is 74.6 Å². The molecule has 2 saturated heterocycles. The number of methoxy groups -OCH3 is 1. The van der Waals surface area contributed by atoms with Crippen LogP contribution in [0.25, 0.3) is 12.2 Å². The Balaban J connectivity index is 0.000000224. The number of hydrogen-bond donors (Lipinski definition) is 1. The van der Waals surface area contributed by atoms with Gasteiger partial charge in [-0.1, -0.05) is 36.1 Å². The average Bonchev–Trinajstić information content (AvgIpc) is 3.81. The van der Waals surface area contributed by atoms with Gasteiger partial charge in [-0.2, -0.15) is 8.78 Å². The van der Waals surface area contributed by atoms with Crippen LogP contribution in [0.1, 0.15) is 99.5 Å². The molecule has 0 aromatic heterocycles. The Kier molecular flexibility index (Phi) is 16.2. The summed E-state index contributed by atoms with van der Waals surface area (Å²) in [5.74, 6) is -2.80. The number of benzene rings is 3. The molecule has 4 aliphatic rings. The van der Waals surface area contributed by atoms with Crippen LogP contribution in [0.5, 0.6) is 11.5 Å². The van der Waals surface area contributed by atoms with Crippen molar-refractivity contribution < 1.29 is 40.6 Å². The number of amides is 1. The van der Waals surface area contributed by atoms with Gasteiger partial charge in [-0.25, -0.2) is 17.6 Å². The molecule has 7 nitrogen and oxygen atoms in total. The SMILES string of the molecule is C/C(=C\c1ccc(F)cc1F)CNC[C@@H]1CCCN1C1CCC1.COc1cc(C(=O)N(C/C(C)=C/c2ccc(F)cc2F)C[C@@H]2CCCN2C2CCC2)ccc1OC(F)F. The summed E-state index contributed by atoms with van der Waals surface area (Å²) in [6.45, 7) is 5.43. The molecule has 60 heavy (non-hydrogen) atoms. The predicted molar refractivity (Wildman–Crippen MR) is 223 cm³/mol. The zero-order chi connectivity index (χ0) is 42.8. The monoisotopic (exact) mass is 840 g/mol. The van der Waals surface area contributed by atoms with E-state index >= 15 is 0 Å². The Morgan fingerprint density at radius 2 is 1.32 bits per heavy atom. The molecule has 0 radical (unpaired) electrons. The van der Waals surface area contributed by atoms with Crippen molar-refractivity contribution in [2.24, 2.45) is 0 Å². The molecule has 7 rings (SSSR count). The van der Waals surface area contributed by atoms with Gasteiger partial charge < -0.3 is 19.7 Å². The van der Waals surface area contributed by atoms with Crippen molar-refractivity contribution in [2.45, 2.75) is 109 Å². The fraction of sp³-hybridized carbons (Fsp3) is 0.511. The summed E-state index contributed by atoms with van der Waals surface area (Å²) < 4.78 is 89.3. The Hall–Kier alpha value is -4.33. The standard InChI is InChI=1S/C28H32F4N2O3.C19H26F2N2/c1-18(13-19-8-10-21(29)15-24(19)30)16-33(17-23-7-4-12-34(23)22-5-3-6-22)27(35)20-9-11-25(37-28(31)32)26(14-20)36-2;1-14(10-15-7-8-16(20)11-19(15)21)12-22-13-18-6-3-9-23(18)17-4-2-5-17/h8-11,13-15,22-23,28H,3-7,12,16-17H2,1-2H3;7-8,10-11,17-18,22H,2-6,9,12-13H2,1H3/b18-13+;14-10+/t23-;18-/m00/s1. The average molecular weight is 841 g/mol. The quantitative estimate of drug-likeness (QED) is 0.145. The molecule has 2 heterocycles. The van der Waals surface area contributed by atoms with Crippen LogP contribution in [0.2, 0.25) is 0 Å². The molecule has 2 aliphatic carbocycles. The number of hydrogen-bond acceptors (Lipinski definition) is 6. The first kappa shape index (κ1) is 45.2. The third-order valence-corrected chi connectivity index (χ3v) is 12.2. The van der Waals surface area contributed by atoms with Gasteiger partial charge in [-0.05, 0) is 121 Å². The Morgan fingerprint density at radius 1 is 0.750 bits per heavy atom. The Bertz CT molecular complexity index is 1970. The van der Waals surface area contributed by atoms with Gasteiger partial charge in [0, 0.05) is 79.2 Å². The third kappa shape index (κ3) is 12.2. The number of likely N-dealkylation sites (tertiary alicyclic amines) is 2. The highest BCUT2D eigenvalue weighted by Gasteiger charge is 2.36. The lowest BCUT2D eigenvalue weighted by Crippen LogP contribution is -2.49. The first-order valence-corrected chi connectivity index (χ1v) is 21.3. The number of rotatable bonds is 16. The van der Waals surface area contributed by atoms with E-state index in [4.69, 9.17) is 4.74 Å². The van der Waals surface area contributed by atoms with E-state index in [1.165, 1.54) is 94.6 Å². The molecule has 1 amide bonds. The van der Waals surface area contributed by atoms with Gasteiger partial charge in [-0.15, -0.1) is 0 Å². The first-order valence-electron chi connectivity index (χ1n) is 21.3. The van der Waals surface area contributed by atoms with Crippen LogP contribution in [0.4, 0.5) is 26.3 Å². The molecule has 0 bridgehead atoms. The maximum Gasteiger partial charge on any atom is 0.387 e. The van der Waals surface area contributed by atoms with Crippen LogP contribution < -0.4 is 14.8 Å². The molecule has 1 N–H and O–H groups in total. The maximum atomic E-state index is 14.2. The fourth-order valence-corrected chi connectivity index (χ4v) is 8.78. The van der Waals surface area contributed by atoms with Gasteiger partial charge in [0.2, 0.25) is 0 Å². The second-order valence-corrected chi connectivity index (χ2v) is 16.6. The highest BCUT2D eigenvalue weighted by Crippen LogP contribution is 2.34. The Morgan fingerprint density at radius 3 is 1.85 bits per heavy atom. The minimum absolute atomic E-state index is 0.0312. The minimum Gasteiger partial charge on any atom is -0.493 e. The number of nitrogens with zero attached hydrogens (tertiary/aromatic N) is 3. The van der Waals surface area contributed by atoms with Gasteiger partial charge in [0.1, 0.15) is 23.3 Å². The van der Waals surface area contributed by atoms with E-state index in [1.54, 1.807) is 24.0 Å². The van der Waals surface area contributed by atoms with Crippen molar-refractivity contribution in [3.63, 3.8) is 0 Å². The first-order chi connectivity index (χ1) is 28.9. The van der Waals surface area contributed by atoms with Crippen LogP contribution in [-0.2, 0) is 0 Å². The molecule has 326 valence electrons. The van der Waals surface area contributed by atoms with Crippen LogP contribution in [0, 0.1) is 23.3 Å². The summed E-state index contributed by atoms with van der Waals surface area (Å²) in [6.07, 6.45) is 15.7. The third-order valence-electron chi connectivity index (χ3n) is 12.2. The van der Waals surface area contributed by atoms with Crippen LogP contribution in [0.15, 0.2) is 65.7 Å². The molecular formula is C47H58F6N4O3. The summed E-state index contributed by atoms with van der Waals surface area (Å²) in [6, 6.07) is 13.4. The number of carbonyl (C=O) groups excluding carboxylic acids is 1. The van der Waals surface area contributed by atoms with Gasteiger partial charge >= 0.3 is 6.61 Å². The van der Waals surface area contributed by atoms with Crippen molar-refractivity contribution >= 4 is 18.1 Å². The minimum atomic E-state index is -3.02. The highest BCUT2D eigenvalue weighted by atomic mass is 19.3. The normalized spacial score (nSPS) is 20.4. The summed E-state index contributed by atoms with van der Waals surface area (Å²) >= 11 is 0. The molecule has 3 aromatic carbocycles. The van der Waals surface area contributed by atoms with Crippen molar-refractivity contribution in [1.29, 1.82) is 0 Å². The number of halogens is 6. The second kappa shape index (κ2) is 21.5. The van der Waals surface area contributed by atoms with Crippen LogP contribution in [0.3, 0.4) is 0 Å². The van der Waals surface area contributed by atoms with Crippen molar-refractivity contribution in [2.75, 3.05) is 46.4 Å². The molecule has 13 heteroatoms. The van der Waals surface area contributed by atoms with E-state index < -0.39 is 29.9 Å². The van der Waals surface area contributed by atoms with E-state index in [-0.39, 0.29) is 41.1 Å². The zero-order valence-corrected chi connectivity index (χ0v) is 34.9. The smallest absolute Gasteiger partial charge is 0.387 e. The summed E-state index contributed by atoms with van der Waals surface area (Å²) in [5, 5.41) is 3.50. The molecule has 3 aromatic rings. The fourth-order valence-electron chi connectivity index (χ4n) is 8.78. The van der Waals surface area contributed by atoms with Crippen molar-refractivity contribution in [1.82, 2.24) is 20.0 Å². The molecule has 2 aliphatic heterocycles. The van der Waals surface area contributed by atoms with Crippen LogP contribution >= 0.6 is 0 Å². The van der Waals surface area contributed by atoms with Crippen molar-refractivity contribution in [3.8, 4) is 11.5 Å². The molecule has 4 fully saturated rings. The van der Waals surface area contributed by atoms with Crippen molar-refractivity contribution in [3.05, 3.63) is 106 Å². The van der Waals surface area contributed by atoms with Crippen LogP contribution in [-0.4, -0.2) is 97.8 Å². The van der Waals surface area contributed by atoms with E-state index in [9.17, 15) is 31.1 Å². The number of nitrogens with one attached hydrogen (secondary N) is 1. The summed E-state index contributed by atoms with van der Waals surface area (Å²) in [7, 11) is 1.32. The summed E-state index contributed by atoms with van der Waals surface area (Å²) in [4.78, 5) is 20.6. The van der Waals surface area contributed by atoms with E-state index in [1.807, 2.05) is 6.92 Å². The lowest BCUT2D eigenvalue weighted by molar-refractivity contribution is -0.0512. The molecule has 0 spiro atoms. The number of alkyl halides is 2. The molecular weight excluding hydrogens is 783 g/mol. The molecule has 2 atom stereocenters. The van der Waals surface area contributed by atoms with E-state index in [2.05, 4.69) is 19.9 Å². The second-order valence-electron chi connectivity index (χ2n) is 16.6.